The maximum atomic E-state index is 6.14. The molecule has 1 aromatic carbocycles. The maximum Gasteiger partial charge on any atom is 0.124 e. The first-order valence-corrected chi connectivity index (χ1v) is 7.87. The summed E-state index contributed by atoms with van der Waals surface area (Å²) in [5.74, 6) is 0.998. The van der Waals surface area contributed by atoms with Crippen molar-refractivity contribution in [1.29, 1.82) is 0 Å². The summed E-state index contributed by atoms with van der Waals surface area (Å²) >= 11 is 6.14. The van der Waals surface area contributed by atoms with Crippen LogP contribution in [0.25, 0.3) is 0 Å². The molecule has 0 radical (unpaired) electrons. The van der Waals surface area contributed by atoms with Crippen molar-refractivity contribution in [3.8, 4) is 5.75 Å². The van der Waals surface area contributed by atoms with Crippen LogP contribution in [0.5, 0.6) is 5.75 Å². The van der Waals surface area contributed by atoms with Crippen molar-refractivity contribution in [2.75, 3.05) is 26.7 Å². The fourth-order valence-corrected chi connectivity index (χ4v) is 3.49. The molecule has 2 heterocycles. The van der Waals surface area contributed by atoms with E-state index in [0.717, 1.165) is 23.9 Å². The summed E-state index contributed by atoms with van der Waals surface area (Å²) in [6.45, 7) is 6.50. The second-order valence-electron chi connectivity index (χ2n) is 6.14. The summed E-state index contributed by atoms with van der Waals surface area (Å²) < 4.78 is 6.04. The molecule has 2 aliphatic heterocycles. The number of fused-ring (bicyclic) bond motifs is 1. The zero-order valence-electron chi connectivity index (χ0n) is 12.3. The third-order valence-electron chi connectivity index (χ3n) is 4.42. The Morgan fingerprint density at radius 2 is 2.00 bits per heavy atom. The van der Waals surface area contributed by atoms with Crippen LogP contribution in [-0.2, 0) is 6.54 Å². The van der Waals surface area contributed by atoms with Gasteiger partial charge < -0.3 is 9.64 Å². The first-order chi connectivity index (χ1) is 9.61. The lowest BCUT2D eigenvalue weighted by atomic mass is 10.0. The van der Waals surface area contributed by atoms with E-state index in [9.17, 15) is 0 Å². The zero-order valence-corrected chi connectivity index (χ0v) is 13.1. The van der Waals surface area contributed by atoms with E-state index in [1.165, 1.54) is 31.5 Å². The normalized spacial score (nSPS) is 25.9. The molecule has 3 rings (SSSR count). The van der Waals surface area contributed by atoms with Crippen LogP contribution < -0.4 is 4.74 Å². The fraction of sp³-hybridized carbons (Fsp3) is 0.625. The molecule has 110 valence electrons. The number of hydrogen-bond acceptors (Lipinski definition) is 3. The van der Waals surface area contributed by atoms with E-state index in [1.807, 2.05) is 12.1 Å². The Morgan fingerprint density at radius 1 is 1.25 bits per heavy atom. The Morgan fingerprint density at radius 3 is 2.75 bits per heavy atom. The van der Waals surface area contributed by atoms with Gasteiger partial charge in [0.05, 0.1) is 0 Å². The van der Waals surface area contributed by atoms with Crippen molar-refractivity contribution in [2.24, 2.45) is 0 Å². The number of piperidine rings is 1. The van der Waals surface area contributed by atoms with Crippen LogP contribution in [0.15, 0.2) is 18.2 Å². The van der Waals surface area contributed by atoms with Gasteiger partial charge >= 0.3 is 0 Å². The lowest BCUT2D eigenvalue weighted by Crippen LogP contribution is -2.45. The molecule has 20 heavy (non-hydrogen) atoms. The zero-order chi connectivity index (χ0) is 14.1. The van der Waals surface area contributed by atoms with Crippen molar-refractivity contribution in [3.05, 3.63) is 28.8 Å². The molecule has 3 nitrogen and oxygen atoms in total. The third kappa shape index (κ3) is 3.11. The number of likely N-dealkylation sites (tertiary alicyclic amines) is 1. The average molecular weight is 295 g/mol. The number of benzene rings is 1. The summed E-state index contributed by atoms with van der Waals surface area (Å²) in [6, 6.07) is 6.64. The van der Waals surface area contributed by atoms with Crippen LogP contribution in [-0.4, -0.2) is 48.6 Å². The van der Waals surface area contributed by atoms with Gasteiger partial charge in [-0.05, 0) is 58.1 Å². The smallest absolute Gasteiger partial charge is 0.124 e. The van der Waals surface area contributed by atoms with E-state index in [0.29, 0.717) is 6.04 Å². The number of halogens is 1. The minimum Gasteiger partial charge on any atom is -0.489 e. The first-order valence-electron chi connectivity index (χ1n) is 7.49. The molecule has 4 heteroatoms. The molecular formula is C16H23ClN2O. The molecule has 0 bridgehead atoms. The van der Waals surface area contributed by atoms with Crippen LogP contribution in [0.2, 0.25) is 5.02 Å². The fourth-order valence-electron chi connectivity index (χ4n) is 3.29. The highest BCUT2D eigenvalue weighted by molar-refractivity contribution is 6.30. The lowest BCUT2D eigenvalue weighted by Gasteiger charge is -2.37. The van der Waals surface area contributed by atoms with Gasteiger partial charge in [0, 0.05) is 29.7 Å². The van der Waals surface area contributed by atoms with E-state index < -0.39 is 0 Å². The van der Waals surface area contributed by atoms with Gasteiger partial charge in [-0.2, -0.15) is 0 Å². The topological polar surface area (TPSA) is 15.7 Å². The minimum atomic E-state index is 0.233. The van der Waals surface area contributed by atoms with Crippen molar-refractivity contribution >= 4 is 11.6 Å². The molecule has 0 aliphatic carbocycles. The maximum absolute atomic E-state index is 6.14. The van der Waals surface area contributed by atoms with Gasteiger partial charge in [-0.25, -0.2) is 0 Å². The highest BCUT2D eigenvalue weighted by Crippen LogP contribution is 2.30. The van der Waals surface area contributed by atoms with Crippen molar-refractivity contribution < 1.29 is 4.74 Å². The van der Waals surface area contributed by atoms with E-state index >= 15 is 0 Å². The third-order valence-corrected chi connectivity index (χ3v) is 4.66. The molecular weight excluding hydrogens is 272 g/mol. The molecule has 0 saturated carbocycles. The monoisotopic (exact) mass is 294 g/mol. The van der Waals surface area contributed by atoms with Crippen molar-refractivity contribution in [1.82, 2.24) is 9.80 Å². The Kier molecular flexibility index (Phi) is 4.20. The van der Waals surface area contributed by atoms with Gasteiger partial charge in [0.15, 0.2) is 0 Å². The molecule has 2 aliphatic rings. The molecule has 0 amide bonds. The van der Waals surface area contributed by atoms with Gasteiger partial charge in [0.1, 0.15) is 11.9 Å². The van der Waals surface area contributed by atoms with Gasteiger partial charge in [0.2, 0.25) is 0 Å². The summed E-state index contributed by atoms with van der Waals surface area (Å²) in [7, 11) is 2.21. The van der Waals surface area contributed by atoms with Crippen LogP contribution in [0, 0.1) is 0 Å². The lowest BCUT2D eigenvalue weighted by molar-refractivity contribution is 0.0855. The second-order valence-corrected chi connectivity index (χ2v) is 6.58. The van der Waals surface area contributed by atoms with E-state index in [2.05, 4.69) is 29.8 Å². The molecule has 0 aromatic heterocycles. The molecule has 1 fully saturated rings. The molecule has 1 aromatic rings. The Hall–Kier alpha value is -0.770. The SMILES string of the molecule is C[C@H]1CN(C2CCN(C)CC2)Cc2cc(Cl)ccc2O1. The van der Waals surface area contributed by atoms with Gasteiger partial charge in [-0.3, -0.25) is 4.90 Å². The standard InChI is InChI=1S/C16H23ClN2O/c1-12-10-19(15-5-7-18(2)8-6-15)11-13-9-14(17)3-4-16(13)20-12/h3-4,9,12,15H,5-8,10-11H2,1-2H3/t12-/m0/s1. The number of hydrogen-bond donors (Lipinski definition) is 0. The average Bonchev–Trinajstić information content (AvgIpc) is 2.57. The van der Waals surface area contributed by atoms with E-state index in [4.69, 9.17) is 16.3 Å². The van der Waals surface area contributed by atoms with Crippen LogP contribution in [0.1, 0.15) is 25.3 Å². The van der Waals surface area contributed by atoms with Gasteiger partial charge in [-0.1, -0.05) is 11.6 Å². The first kappa shape index (κ1) is 14.2. The molecule has 1 atom stereocenters. The van der Waals surface area contributed by atoms with Crippen molar-refractivity contribution in [3.63, 3.8) is 0 Å². The molecule has 0 unspecified atom stereocenters. The van der Waals surface area contributed by atoms with Gasteiger partial charge in [-0.15, -0.1) is 0 Å². The quantitative estimate of drug-likeness (QED) is 0.792. The molecule has 0 N–H and O–H groups in total. The minimum absolute atomic E-state index is 0.233. The Balaban J connectivity index is 1.79. The van der Waals surface area contributed by atoms with Crippen LogP contribution in [0.3, 0.4) is 0 Å². The summed E-state index contributed by atoms with van der Waals surface area (Å²) in [5, 5.41) is 0.797. The number of nitrogens with zero attached hydrogens (tertiary/aromatic N) is 2. The number of rotatable bonds is 1. The van der Waals surface area contributed by atoms with Gasteiger partial charge in [0.25, 0.3) is 0 Å². The van der Waals surface area contributed by atoms with Crippen LogP contribution >= 0.6 is 11.6 Å². The second kappa shape index (κ2) is 5.92. The highest BCUT2D eigenvalue weighted by atomic mass is 35.5. The van der Waals surface area contributed by atoms with Crippen molar-refractivity contribution in [2.45, 2.75) is 38.5 Å². The largest absolute Gasteiger partial charge is 0.489 e. The summed E-state index contributed by atoms with van der Waals surface area (Å²) in [5.41, 5.74) is 1.22. The Bertz CT molecular complexity index is 472. The summed E-state index contributed by atoms with van der Waals surface area (Å²) in [4.78, 5) is 5.00. The number of ether oxygens (including phenoxy) is 1. The van der Waals surface area contributed by atoms with E-state index in [1.54, 1.807) is 0 Å². The predicted molar refractivity (Wildman–Crippen MR) is 82.5 cm³/mol. The highest BCUT2D eigenvalue weighted by Gasteiger charge is 2.28. The molecule has 1 saturated heterocycles. The predicted octanol–water partition coefficient (Wildman–Crippen LogP) is 3.02. The Labute approximate surface area is 126 Å². The molecule has 0 spiro atoms. The van der Waals surface area contributed by atoms with E-state index in [-0.39, 0.29) is 6.10 Å². The summed E-state index contributed by atoms with van der Waals surface area (Å²) in [6.07, 6.45) is 2.73. The van der Waals surface area contributed by atoms with Crippen LogP contribution in [0.4, 0.5) is 0 Å².